The number of ether oxygens (including phenoxy) is 1. The third kappa shape index (κ3) is 4.19. The molecule has 0 aromatic carbocycles. The van der Waals surface area contributed by atoms with Crippen molar-refractivity contribution in [1.82, 2.24) is 4.57 Å². The third-order valence-corrected chi connectivity index (χ3v) is 4.24. The van der Waals surface area contributed by atoms with E-state index in [-0.39, 0.29) is 17.8 Å². The van der Waals surface area contributed by atoms with Crippen molar-refractivity contribution in [2.45, 2.75) is 52.7 Å². The van der Waals surface area contributed by atoms with Crippen LogP contribution in [0.3, 0.4) is 0 Å². The average Bonchev–Trinajstić information content (AvgIpc) is 2.83. The summed E-state index contributed by atoms with van der Waals surface area (Å²) in [6.07, 6.45) is 12.6. The zero-order valence-electron chi connectivity index (χ0n) is 13.4. The van der Waals surface area contributed by atoms with Gasteiger partial charge in [0.25, 0.3) is 0 Å². The minimum absolute atomic E-state index is 0.0162. The van der Waals surface area contributed by atoms with Crippen molar-refractivity contribution in [2.75, 3.05) is 0 Å². The van der Waals surface area contributed by atoms with E-state index in [4.69, 9.17) is 4.74 Å². The molecule has 0 saturated heterocycles. The summed E-state index contributed by atoms with van der Waals surface area (Å²) in [4.78, 5) is 12.2. The zero-order valence-corrected chi connectivity index (χ0v) is 13.4. The molecule has 4 heteroatoms. The maximum atomic E-state index is 12.2. The molecule has 2 atom stereocenters. The van der Waals surface area contributed by atoms with Crippen LogP contribution in [0.5, 0.6) is 0 Å². The molecule has 116 valence electrons. The summed E-state index contributed by atoms with van der Waals surface area (Å²) < 4.78 is 9.73. The molecular weight excluding hydrogens is 264 g/mol. The fourth-order valence-corrected chi connectivity index (χ4v) is 2.78. The molecule has 0 amide bonds. The number of imidazole rings is 1. The Labute approximate surface area is 127 Å². The van der Waals surface area contributed by atoms with Crippen LogP contribution in [0.2, 0.25) is 0 Å². The zero-order chi connectivity index (χ0) is 15.2. The fourth-order valence-electron chi connectivity index (χ4n) is 2.78. The molecule has 0 saturated carbocycles. The van der Waals surface area contributed by atoms with Crippen LogP contribution in [0.25, 0.3) is 0 Å². The van der Waals surface area contributed by atoms with Crippen LogP contribution in [0.1, 0.15) is 45.2 Å². The first-order valence-electron chi connectivity index (χ1n) is 7.99. The average molecular weight is 291 g/mol. The van der Waals surface area contributed by atoms with Gasteiger partial charge < -0.3 is 4.74 Å². The Morgan fingerprint density at radius 1 is 1.52 bits per heavy atom. The second kappa shape index (κ2) is 7.43. The molecule has 0 aliphatic heterocycles. The SMILES string of the molecule is CCCC[n+]1cc(COC(=O)C2CCC=CC2C)n(C)c1. The highest BCUT2D eigenvalue weighted by Crippen LogP contribution is 2.25. The van der Waals surface area contributed by atoms with Crippen molar-refractivity contribution in [1.29, 1.82) is 0 Å². The van der Waals surface area contributed by atoms with Crippen LogP contribution >= 0.6 is 0 Å². The van der Waals surface area contributed by atoms with E-state index in [2.05, 4.69) is 43.1 Å². The highest BCUT2D eigenvalue weighted by atomic mass is 16.5. The highest BCUT2D eigenvalue weighted by molar-refractivity contribution is 5.73. The van der Waals surface area contributed by atoms with Gasteiger partial charge in [-0.1, -0.05) is 32.4 Å². The van der Waals surface area contributed by atoms with Crippen LogP contribution in [0.4, 0.5) is 0 Å². The number of carbonyl (C=O) groups is 1. The lowest BCUT2D eigenvalue weighted by molar-refractivity contribution is -0.697. The van der Waals surface area contributed by atoms with Crippen molar-refractivity contribution < 1.29 is 14.1 Å². The Morgan fingerprint density at radius 3 is 3.05 bits per heavy atom. The minimum Gasteiger partial charge on any atom is -0.457 e. The lowest BCUT2D eigenvalue weighted by Crippen LogP contribution is -2.30. The number of hydrogen-bond donors (Lipinski definition) is 0. The van der Waals surface area contributed by atoms with Crippen LogP contribution in [0, 0.1) is 11.8 Å². The monoisotopic (exact) mass is 291 g/mol. The second-order valence-corrected chi connectivity index (χ2v) is 6.02. The number of aryl methyl sites for hydroxylation is 2. The lowest BCUT2D eigenvalue weighted by Gasteiger charge is -2.22. The van der Waals surface area contributed by atoms with Crippen LogP contribution in [-0.2, 0) is 29.7 Å². The molecule has 2 rings (SSSR count). The van der Waals surface area contributed by atoms with Gasteiger partial charge in [0.2, 0.25) is 6.33 Å². The number of carbonyl (C=O) groups excluding carboxylic acids is 1. The summed E-state index contributed by atoms with van der Waals surface area (Å²) in [5.41, 5.74) is 1.04. The molecule has 1 aliphatic rings. The molecule has 1 heterocycles. The summed E-state index contributed by atoms with van der Waals surface area (Å²) in [7, 11) is 2.00. The number of unbranched alkanes of at least 4 members (excludes halogenated alkanes) is 1. The third-order valence-electron chi connectivity index (χ3n) is 4.24. The van der Waals surface area contributed by atoms with Gasteiger partial charge in [-0.3, -0.25) is 4.79 Å². The predicted molar refractivity (Wildman–Crippen MR) is 81.3 cm³/mol. The van der Waals surface area contributed by atoms with Gasteiger partial charge in [-0.15, -0.1) is 0 Å². The van der Waals surface area contributed by atoms with Gasteiger partial charge >= 0.3 is 5.97 Å². The summed E-state index contributed by atoms with van der Waals surface area (Å²) in [5, 5.41) is 0. The van der Waals surface area contributed by atoms with Gasteiger partial charge in [0.05, 0.1) is 19.5 Å². The maximum absolute atomic E-state index is 12.2. The van der Waals surface area contributed by atoms with Crippen molar-refractivity contribution in [3.05, 3.63) is 30.4 Å². The van der Waals surface area contributed by atoms with Crippen LogP contribution < -0.4 is 4.57 Å². The lowest BCUT2D eigenvalue weighted by atomic mass is 9.85. The molecule has 0 bridgehead atoms. The van der Waals surface area contributed by atoms with Crippen molar-refractivity contribution in [2.24, 2.45) is 18.9 Å². The summed E-state index contributed by atoms with van der Waals surface area (Å²) in [6, 6.07) is 0. The van der Waals surface area contributed by atoms with Crippen LogP contribution in [0.15, 0.2) is 24.7 Å². The molecule has 2 unspecified atom stereocenters. The molecule has 0 radical (unpaired) electrons. The van der Waals surface area contributed by atoms with Gasteiger partial charge in [0.1, 0.15) is 6.20 Å². The van der Waals surface area contributed by atoms with Crippen LogP contribution in [-0.4, -0.2) is 10.5 Å². The topological polar surface area (TPSA) is 35.1 Å². The molecule has 0 N–H and O–H groups in total. The second-order valence-electron chi connectivity index (χ2n) is 6.02. The minimum atomic E-state index is -0.0619. The molecule has 21 heavy (non-hydrogen) atoms. The van der Waals surface area contributed by atoms with E-state index in [9.17, 15) is 4.79 Å². The molecule has 1 aliphatic carbocycles. The number of rotatable bonds is 6. The highest BCUT2D eigenvalue weighted by Gasteiger charge is 2.27. The van der Waals surface area contributed by atoms with E-state index in [1.807, 2.05) is 11.6 Å². The van der Waals surface area contributed by atoms with Crippen molar-refractivity contribution in [3.8, 4) is 0 Å². The summed E-state index contributed by atoms with van der Waals surface area (Å²) in [5.74, 6) is 0.241. The van der Waals surface area contributed by atoms with Gasteiger partial charge in [-0.05, 0) is 25.2 Å². The Bertz CT molecular complexity index is 505. The predicted octanol–water partition coefficient (Wildman–Crippen LogP) is 2.76. The maximum Gasteiger partial charge on any atom is 0.310 e. The van der Waals surface area contributed by atoms with E-state index < -0.39 is 0 Å². The Kier molecular flexibility index (Phi) is 5.59. The molecular formula is C17H27N2O2+. The summed E-state index contributed by atoms with van der Waals surface area (Å²) >= 11 is 0. The number of nitrogens with zero attached hydrogens (tertiary/aromatic N) is 2. The van der Waals surface area contributed by atoms with E-state index in [0.717, 1.165) is 25.1 Å². The Hall–Kier alpha value is -1.58. The van der Waals surface area contributed by atoms with Crippen molar-refractivity contribution >= 4 is 5.97 Å². The first-order chi connectivity index (χ1) is 10.1. The Balaban J connectivity index is 1.89. The molecule has 0 spiro atoms. The van der Waals surface area contributed by atoms with E-state index in [1.54, 1.807) is 0 Å². The fraction of sp³-hybridized carbons (Fsp3) is 0.647. The largest absolute Gasteiger partial charge is 0.457 e. The summed E-state index contributed by atoms with van der Waals surface area (Å²) in [6.45, 7) is 5.65. The van der Waals surface area contributed by atoms with E-state index >= 15 is 0 Å². The van der Waals surface area contributed by atoms with Gasteiger partial charge in [0.15, 0.2) is 12.3 Å². The smallest absolute Gasteiger partial charge is 0.310 e. The first kappa shape index (κ1) is 15.8. The standard InChI is InChI=1S/C17H27N2O2/c1-4-5-10-19-11-15(18(3)13-19)12-21-17(20)16-9-7-6-8-14(16)2/h6,8,11,13-14,16H,4-5,7,9-10,12H2,1-3H3/q+1. The number of allylic oxidation sites excluding steroid dienone is 2. The van der Waals surface area contributed by atoms with Gasteiger partial charge in [0, 0.05) is 0 Å². The number of aromatic nitrogens is 2. The normalized spacial score (nSPS) is 21.5. The number of hydrogen-bond acceptors (Lipinski definition) is 2. The van der Waals surface area contributed by atoms with E-state index in [1.165, 1.54) is 12.8 Å². The molecule has 0 fully saturated rings. The van der Waals surface area contributed by atoms with E-state index in [0.29, 0.717) is 6.61 Å². The van der Waals surface area contributed by atoms with Gasteiger partial charge in [-0.25, -0.2) is 9.13 Å². The first-order valence-corrected chi connectivity index (χ1v) is 7.99. The molecule has 1 aromatic heterocycles. The quantitative estimate of drug-likeness (QED) is 0.459. The Morgan fingerprint density at radius 2 is 2.33 bits per heavy atom. The van der Waals surface area contributed by atoms with Gasteiger partial charge in [-0.2, -0.15) is 0 Å². The van der Waals surface area contributed by atoms with Crippen molar-refractivity contribution in [3.63, 3.8) is 0 Å². The molecule has 4 nitrogen and oxygen atoms in total. The number of esters is 1. The molecule has 1 aromatic rings.